The van der Waals surface area contributed by atoms with Gasteiger partial charge in [0.2, 0.25) is 5.91 Å². The number of aliphatic carboxylic acids is 1. The van der Waals surface area contributed by atoms with Crippen molar-refractivity contribution in [2.24, 2.45) is 0 Å². The number of pyridine rings is 1. The molecule has 10 heteroatoms. The summed E-state index contributed by atoms with van der Waals surface area (Å²) in [4.78, 5) is 34.4. The first-order valence-corrected chi connectivity index (χ1v) is 16.9. The minimum atomic E-state index is -0.927. The van der Waals surface area contributed by atoms with Gasteiger partial charge in [-0.15, -0.1) is 0 Å². The topological polar surface area (TPSA) is 113 Å². The quantitative estimate of drug-likeness (QED) is 0.294. The van der Waals surface area contributed by atoms with Gasteiger partial charge in [0, 0.05) is 56.3 Å². The van der Waals surface area contributed by atoms with Crippen LogP contribution in [0.15, 0.2) is 30.3 Å². The highest BCUT2D eigenvalue weighted by molar-refractivity contribution is 5.98. The SMILES string of the molecule is CN([C@H]1CC[C@H](OCCCCc2ccc3c(n2)NCCC3)C1)[C@H](C(=O)O)c1cccc(OC2CCOCC2)c1N1CCCC1=O. The lowest BCUT2D eigenvalue weighted by Crippen LogP contribution is -2.39. The molecule has 1 amide bonds. The lowest BCUT2D eigenvalue weighted by molar-refractivity contribution is -0.144. The number of nitrogens with zero attached hydrogens (tertiary/aromatic N) is 3. The summed E-state index contributed by atoms with van der Waals surface area (Å²) in [7, 11) is 1.90. The Morgan fingerprint density at radius 2 is 1.98 bits per heavy atom. The second kappa shape index (κ2) is 14.9. The average Bonchev–Trinajstić information content (AvgIpc) is 3.70. The molecule has 1 aromatic heterocycles. The van der Waals surface area contributed by atoms with Crippen molar-refractivity contribution in [3.05, 3.63) is 47.2 Å². The summed E-state index contributed by atoms with van der Waals surface area (Å²) in [6, 6.07) is 9.09. The highest BCUT2D eigenvalue weighted by Gasteiger charge is 2.39. The van der Waals surface area contributed by atoms with E-state index in [0.29, 0.717) is 49.8 Å². The van der Waals surface area contributed by atoms with E-state index in [1.807, 2.05) is 30.1 Å². The standard InChI is InChI=1S/C35H48N4O6/c1-38(26-14-15-28(23-26)44-20-3-2-8-25-13-12-24-7-5-18-36-34(24)37-25)33(35(41)42)29-9-4-10-30(45-27-16-21-43-22-17-27)32(29)39-19-6-11-31(39)40/h4,9-10,12-13,26-28,33H,2-3,5-8,11,14-23H2,1H3,(H,36,37)(H,41,42)/t26-,28-,33-/m0/s1. The summed E-state index contributed by atoms with van der Waals surface area (Å²) in [5.41, 5.74) is 3.67. The maximum absolute atomic E-state index is 13.0. The number of amides is 1. The van der Waals surface area contributed by atoms with Gasteiger partial charge in [0.25, 0.3) is 0 Å². The molecule has 0 bridgehead atoms. The lowest BCUT2D eigenvalue weighted by atomic mass is 9.99. The molecule has 244 valence electrons. The van der Waals surface area contributed by atoms with Crippen LogP contribution in [0.3, 0.4) is 0 Å². The predicted molar refractivity (Wildman–Crippen MR) is 172 cm³/mol. The zero-order chi connectivity index (χ0) is 31.2. The molecule has 4 heterocycles. The zero-order valence-corrected chi connectivity index (χ0v) is 26.5. The van der Waals surface area contributed by atoms with Crippen LogP contribution in [0.25, 0.3) is 0 Å². The summed E-state index contributed by atoms with van der Waals surface area (Å²) in [5, 5.41) is 14.0. The van der Waals surface area contributed by atoms with E-state index in [9.17, 15) is 14.7 Å². The Hall–Kier alpha value is -3.21. The molecule has 1 aliphatic carbocycles. The second-order valence-electron chi connectivity index (χ2n) is 12.9. The van der Waals surface area contributed by atoms with Crippen molar-refractivity contribution < 1.29 is 28.9 Å². The van der Waals surface area contributed by atoms with Crippen molar-refractivity contribution in [2.45, 2.75) is 101 Å². The number of ether oxygens (including phenoxy) is 3. The molecule has 10 nitrogen and oxygen atoms in total. The van der Waals surface area contributed by atoms with Gasteiger partial charge in [-0.05, 0) is 82.5 Å². The number of carbonyl (C=O) groups excluding carboxylic acids is 1. The summed E-state index contributed by atoms with van der Waals surface area (Å²) >= 11 is 0. The number of carboxylic acid groups (broad SMARTS) is 1. The maximum atomic E-state index is 13.0. The number of nitrogens with one attached hydrogen (secondary N) is 1. The Kier molecular flexibility index (Phi) is 10.5. The van der Waals surface area contributed by atoms with Gasteiger partial charge in [0.1, 0.15) is 23.7 Å². The smallest absolute Gasteiger partial charge is 0.325 e. The van der Waals surface area contributed by atoms with Gasteiger partial charge >= 0.3 is 5.97 Å². The molecule has 1 saturated carbocycles. The third kappa shape index (κ3) is 7.61. The van der Waals surface area contributed by atoms with E-state index in [1.165, 1.54) is 12.0 Å². The number of likely N-dealkylation sites (N-methyl/N-ethyl adjacent to an activating group) is 1. The number of rotatable bonds is 13. The number of unbranched alkanes of at least 4 members (excludes halogenated alkanes) is 1. The van der Waals surface area contributed by atoms with Gasteiger partial charge in [0.05, 0.1) is 25.0 Å². The van der Waals surface area contributed by atoms with Gasteiger partial charge in [-0.25, -0.2) is 4.98 Å². The molecule has 3 aliphatic heterocycles. The molecule has 2 saturated heterocycles. The van der Waals surface area contributed by atoms with Crippen LogP contribution in [0.5, 0.6) is 5.75 Å². The fourth-order valence-corrected chi connectivity index (χ4v) is 7.34. The number of carboxylic acids is 1. The van der Waals surface area contributed by atoms with Crippen molar-refractivity contribution in [3.8, 4) is 5.75 Å². The monoisotopic (exact) mass is 620 g/mol. The normalized spacial score (nSPS) is 22.8. The Labute approximate surface area is 266 Å². The Morgan fingerprint density at radius 3 is 2.78 bits per heavy atom. The summed E-state index contributed by atoms with van der Waals surface area (Å²) in [6.45, 7) is 3.53. The number of fused-ring (bicyclic) bond motifs is 1. The number of aromatic nitrogens is 1. The van der Waals surface area contributed by atoms with Crippen LogP contribution in [0, 0.1) is 0 Å². The van der Waals surface area contributed by atoms with Crippen molar-refractivity contribution in [2.75, 3.05) is 50.2 Å². The number of anilines is 2. The molecular weight excluding hydrogens is 572 g/mol. The molecular formula is C35H48N4O6. The zero-order valence-electron chi connectivity index (χ0n) is 26.5. The first kappa shape index (κ1) is 31.8. The number of hydrogen-bond donors (Lipinski definition) is 2. The number of hydrogen-bond acceptors (Lipinski definition) is 8. The molecule has 0 spiro atoms. The average molecular weight is 621 g/mol. The molecule has 4 aliphatic rings. The Bertz CT molecular complexity index is 1330. The van der Waals surface area contributed by atoms with Crippen LogP contribution >= 0.6 is 0 Å². The molecule has 0 unspecified atom stereocenters. The maximum Gasteiger partial charge on any atom is 0.325 e. The van der Waals surface area contributed by atoms with Crippen LogP contribution in [-0.4, -0.2) is 85.1 Å². The van der Waals surface area contributed by atoms with Crippen molar-refractivity contribution in [1.29, 1.82) is 0 Å². The fourth-order valence-electron chi connectivity index (χ4n) is 7.34. The third-order valence-corrected chi connectivity index (χ3v) is 9.84. The minimum Gasteiger partial charge on any atom is -0.488 e. The lowest BCUT2D eigenvalue weighted by Gasteiger charge is -2.34. The van der Waals surface area contributed by atoms with E-state index < -0.39 is 12.0 Å². The van der Waals surface area contributed by atoms with E-state index in [1.54, 1.807) is 4.90 Å². The summed E-state index contributed by atoms with van der Waals surface area (Å²) in [5.74, 6) is 0.723. The molecule has 2 N–H and O–H groups in total. The third-order valence-electron chi connectivity index (χ3n) is 9.84. The van der Waals surface area contributed by atoms with Crippen LogP contribution < -0.4 is 15.0 Å². The highest BCUT2D eigenvalue weighted by atomic mass is 16.5. The number of benzene rings is 1. The molecule has 45 heavy (non-hydrogen) atoms. The van der Waals surface area contributed by atoms with Crippen LogP contribution in [-0.2, 0) is 31.9 Å². The Morgan fingerprint density at radius 1 is 1.11 bits per heavy atom. The van der Waals surface area contributed by atoms with Gasteiger partial charge in [-0.1, -0.05) is 18.2 Å². The Balaban J connectivity index is 1.07. The van der Waals surface area contributed by atoms with Gasteiger partial charge < -0.3 is 29.5 Å². The summed E-state index contributed by atoms with van der Waals surface area (Å²) in [6.07, 6.45) is 10.6. The van der Waals surface area contributed by atoms with E-state index >= 15 is 0 Å². The van der Waals surface area contributed by atoms with Crippen molar-refractivity contribution >= 4 is 23.4 Å². The van der Waals surface area contributed by atoms with Crippen molar-refractivity contribution in [3.63, 3.8) is 0 Å². The molecule has 3 atom stereocenters. The molecule has 0 radical (unpaired) electrons. The predicted octanol–water partition coefficient (Wildman–Crippen LogP) is 5.14. The number of para-hydroxylation sites is 1. The van der Waals surface area contributed by atoms with E-state index in [2.05, 4.69) is 17.4 Å². The largest absolute Gasteiger partial charge is 0.488 e. The second-order valence-corrected chi connectivity index (χ2v) is 12.9. The minimum absolute atomic E-state index is 0.0134. The van der Waals surface area contributed by atoms with E-state index in [-0.39, 0.29) is 24.2 Å². The first-order chi connectivity index (χ1) is 22.0. The molecule has 2 aromatic rings. The molecule has 1 aromatic carbocycles. The first-order valence-electron chi connectivity index (χ1n) is 16.9. The molecule has 6 rings (SSSR count). The molecule has 3 fully saturated rings. The van der Waals surface area contributed by atoms with Gasteiger partial charge in [0.15, 0.2) is 0 Å². The van der Waals surface area contributed by atoms with Crippen LogP contribution in [0.2, 0.25) is 0 Å². The van der Waals surface area contributed by atoms with Crippen LogP contribution in [0.4, 0.5) is 11.5 Å². The van der Waals surface area contributed by atoms with E-state index in [4.69, 9.17) is 19.2 Å². The van der Waals surface area contributed by atoms with Crippen molar-refractivity contribution in [1.82, 2.24) is 9.88 Å². The van der Waals surface area contributed by atoms with E-state index in [0.717, 1.165) is 82.3 Å². The highest BCUT2D eigenvalue weighted by Crippen LogP contribution is 2.42. The number of carbonyl (C=O) groups is 2. The van der Waals surface area contributed by atoms with Gasteiger partial charge in [-0.2, -0.15) is 0 Å². The van der Waals surface area contributed by atoms with Gasteiger partial charge in [-0.3, -0.25) is 14.5 Å². The fraction of sp³-hybridized carbons (Fsp3) is 0.629. The van der Waals surface area contributed by atoms with Crippen LogP contribution in [0.1, 0.15) is 87.1 Å². The number of aryl methyl sites for hydroxylation is 2. The summed E-state index contributed by atoms with van der Waals surface area (Å²) < 4.78 is 18.2.